The lowest BCUT2D eigenvalue weighted by molar-refractivity contribution is 0.551. The Labute approximate surface area is 109 Å². The van der Waals surface area contributed by atoms with Crippen LogP contribution in [0.15, 0.2) is 27.4 Å². The van der Waals surface area contributed by atoms with E-state index in [0.717, 1.165) is 9.39 Å². The van der Waals surface area contributed by atoms with Crippen molar-refractivity contribution in [3.05, 3.63) is 26.6 Å². The second kappa shape index (κ2) is 4.48. The second-order valence-electron chi connectivity index (χ2n) is 2.74. The molecular formula is C9H7BrIN3O. The number of hydrogen-bond acceptors (Lipinski definition) is 4. The van der Waals surface area contributed by atoms with Crippen molar-refractivity contribution in [3.8, 4) is 11.6 Å². The van der Waals surface area contributed by atoms with Crippen molar-refractivity contribution in [2.24, 2.45) is 0 Å². The summed E-state index contributed by atoms with van der Waals surface area (Å²) in [6, 6.07) is 3.64. The van der Waals surface area contributed by atoms with E-state index in [1.807, 2.05) is 19.2 Å². The fraction of sp³-hybridized carbons (Fsp3) is 0.111. The predicted molar refractivity (Wildman–Crippen MR) is 69.7 cm³/mol. The van der Waals surface area contributed by atoms with Crippen LogP contribution in [0.4, 0.5) is 5.82 Å². The minimum atomic E-state index is 0.575. The molecule has 15 heavy (non-hydrogen) atoms. The number of nitrogens with one attached hydrogen (secondary N) is 1. The topological polar surface area (TPSA) is 51.0 Å². The van der Waals surface area contributed by atoms with E-state index in [9.17, 15) is 0 Å². The van der Waals surface area contributed by atoms with Crippen LogP contribution in [0.1, 0.15) is 0 Å². The molecular weight excluding hydrogens is 373 g/mol. The molecule has 0 unspecified atom stereocenters. The highest BCUT2D eigenvalue weighted by Gasteiger charge is 2.08. The molecule has 2 rings (SSSR count). The van der Waals surface area contributed by atoms with Gasteiger partial charge in [-0.3, -0.25) is 0 Å². The number of hydrogen-bond donors (Lipinski definition) is 1. The van der Waals surface area contributed by atoms with Crippen LogP contribution in [0, 0.1) is 3.57 Å². The van der Waals surface area contributed by atoms with Crippen LogP contribution in [0.5, 0.6) is 0 Å². The molecule has 0 saturated heterocycles. The number of halogens is 2. The van der Waals surface area contributed by atoms with Crippen molar-refractivity contribution >= 4 is 44.3 Å². The average molecular weight is 380 g/mol. The molecule has 1 N–H and O–H groups in total. The lowest BCUT2D eigenvalue weighted by Gasteiger charge is -2.03. The summed E-state index contributed by atoms with van der Waals surface area (Å²) in [6.07, 6.45) is 1.76. The van der Waals surface area contributed by atoms with E-state index in [2.05, 4.69) is 53.8 Å². The maximum Gasteiger partial charge on any atom is 0.197 e. The van der Waals surface area contributed by atoms with E-state index in [-0.39, 0.29) is 0 Å². The summed E-state index contributed by atoms with van der Waals surface area (Å²) in [5, 5.41) is 3.00. The van der Waals surface area contributed by atoms with Gasteiger partial charge in [-0.15, -0.1) is 0 Å². The molecule has 0 fully saturated rings. The Morgan fingerprint density at radius 1 is 1.47 bits per heavy atom. The van der Waals surface area contributed by atoms with E-state index >= 15 is 0 Å². The van der Waals surface area contributed by atoms with Gasteiger partial charge in [0.2, 0.25) is 0 Å². The highest BCUT2D eigenvalue weighted by atomic mass is 127. The Hall–Kier alpha value is -0.630. The van der Waals surface area contributed by atoms with Gasteiger partial charge in [0.05, 0.1) is 3.57 Å². The summed E-state index contributed by atoms with van der Waals surface area (Å²) in [7, 11) is 1.83. The van der Waals surface area contributed by atoms with Gasteiger partial charge in [0, 0.05) is 13.2 Å². The zero-order valence-electron chi connectivity index (χ0n) is 7.79. The van der Waals surface area contributed by atoms with Gasteiger partial charge in [-0.2, -0.15) is 0 Å². The molecule has 78 valence electrons. The average Bonchev–Trinajstić information content (AvgIpc) is 2.66. The first-order valence-corrected chi connectivity index (χ1v) is 6.04. The van der Waals surface area contributed by atoms with E-state index in [1.54, 1.807) is 6.20 Å². The van der Waals surface area contributed by atoms with Gasteiger partial charge < -0.3 is 9.73 Å². The number of aromatic nitrogens is 2. The summed E-state index contributed by atoms with van der Waals surface area (Å²) in [5.41, 5.74) is 0. The highest BCUT2D eigenvalue weighted by Crippen LogP contribution is 2.24. The Kier molecular flexibility index (Phi) is 3.25. The lowest BCUT2D eigenvalue weighted by Crippen LogP contribution is -1.98. The first kappa shape index (κ1) is 10.9. The molecule has 0 aromatic carbocycles. The Morgan fingerprint density at radius 2 is 2.27 bits per heavy atom. The normalized spacial score (nSPS) is 10.3. The minimum Gasteiger partial charge on any atom is -0.446 e. The highest BCUT2D eigenvalue weighted by molar-refractivity contribution is 14.1. The summed E-state index contributed by atoms with van der Waals surface area (Å²) in [6.45, 7) is 0. The molecule has 0 aliphatic heterocycles. The van der Waals surface area contributed by atoms with Crippen molar-refractivity contribution in [1.82, 2.24) is 9.97 Å². The molecule has 0 atom stereocenters. The van der Waals surface area contributed by atoms with Gasteiger partial charge in [-0.1, -0.05) is 0 Å². The molecule has 0 aliphatic rings. The Morgan fingerprint density at radius 3 is 2.87 bits per heavy atom. The van der Waals surface area contributed by atoms with Crippen LogP contribution in [0.2, 0.25) is 0 Å². The van der Waals surface area contributed by atoms with Gasteiger partial charge in [-0.05, 0) is 50.7 Å². The summed E-state index contributed by atoms with van der Waals surface area (Å²) < 4.78 is 7.02. The van der Waals surface area contributed by atoms with E-state index in [0.29, 0.717) is 16.3 Å². The summed E-state index contributed by atoms with van der Waals surface area (Å²) in [4.78, 5) is 8.53. The molecule has 0 amide bonds. The molecule has 0 spiro atoms. The number of rotatable bonds is 2. The van der Waals surface area contributed by atoms with Crippen LogP contribution in [0.3, 0.4) is 0 Å². The molecule has 2 aromatic rings. The Bertz CT molecular complexity index is 486. The van der Waals surface area contributed by atoms with Crippen LogP contribution >= 0.6 is 38.5 Å². The molecule has 6 heteroatoms. The third-order valence-corrected chi connectivity index (χ3v) is 2.99. The van der Waals surface area contributed by atoms with Gasteiger partial charge in [0.25, 0.3) is 0 Å². The van der Waals surface area contributed by atoms with Crippen LogP contribution < -0.4 is 5.32 Å². The van der Waals surface area contributed by atoms with Crippen LogP contribution in [-0.2, 0) is 0 Å². The summed E-state index contributed by atoms with van der Waals surface area (Å²) in [5.74, 6) is 2.02. The van der Waals surface area contributed by atoms with Crippen molar-refractivity contribution in [2.75, 3.05) is 12.4 Å². The van der Waals surface area contributed by atoms with Gasteiger partial charge in [0.15, 0.2) is 16.3 Å². The number of nitrogens with zero attached hydrogens (tertiary/aromatic N) is 2. The van der Waals surface area contributed by atoms with Gasteiger partial charge in [0.1, 0.15) is 5.82 Å². The van der Waals surface area contributed by atoms with E-state index in [4.69, 9.17) is 4.42 Å². The third-order valence-electron chi connectivity index (χ3n) is 1.77. The predicted octanol–water partition coefficient (Wildman–Crippen LogP) is 3.15. The molecule has 0 aliphatic carbocycles. The quantitative estimate of drug-likeness (QED) is 0.814. The molecule has 0 radical (unpaired) electrons. The fourth-order valence-electron chi connectivity index (χ4n) is 1.10. The third kappa shape index (κ3) is 2.31. The van der Waals surface area contributed by atoms with Crippen molar-refractivity contribution < 1.29 is 4.42 Å². The maximum absolute atomic E-state index is 5.37. The zero-order chi connectivity index (χ0) is 10.8. The molecule has 2 aromatic heterocycles. The molecule has 4 nitrogen and oxygen atoms in total. The smallest absolute Gasteiger partial charge is 0.197 e. The van der Waals surface area contributed by atoms with Crippen molar-refractivity contribution in [1.29, 1.82) is 0 Å². The fourth-order valence-corrected chi connectivity index (χ4v) is 1.93. The van der Waals surface area contributed by atoms with Crippen molar-refractivity contribution in [2.45, 2.75) is 0 Å². The first-order valence-electron chi connectivity index (χ1n) is 4.16. The molecule has 2 heterocycles. The Balaban J connectivity index is 2.45. The zero-order valence-corrected chi connectivity index (χ0v) is 11.5. The molecule has 0 bridgehead atoms. The van der Waals surface area contributed by atoms with Crippen molar-refractivity contribution in [3.63, 3.8) is 0 Å². The monoisotopic (exact) mass is 379 g/mol. The van der Waals surface area contributed by atoms with Crippen LogP contribution in [-0.4, -0.2) is 17.0 Å². The maximum atomic E-state index is 5.37. The first-order chi connectivity index (χ1) is 7.20. The lowest BCUT2D eigenvalue weighted by atomic mass is 10.4. The summed E-state index contributed by atoms with van der Waals surface area (Å²) >= 11 is 5.41. The van der Waals surface area contributed by atoms with E-state index < -0.39 is 0 Å². The number of anilines is 1. The minimum absolute atomic E-state index is 0.575. The second-order valence-corrected chi connectivity index (χ2v) is 4.69. The standard InChI is InChI=1S/C9H7BrIN3O/c1-12-8-5(11)4-13-9(14-8)6-2-3-7(10)15-6/h2-4H,1H3,(H,12,13,14). The van der Waals surface area contributed by atoms with Gasteiger partial charge >= 0.3 is 0 Å². The largest absolute Gasteiger partial charge is 0.446 e. The molecule has 0 saturated carbocycles. The van der Waals surface area contributed by atoms with Gasteiger partial charge in [-0.25, -0.2) is 9.97 Å². The van der Waals surface area contributed by atoms with Crippen LogP contribution in [0.25, 0.3) is 11.6 Å². The number of furan rings is 1. The van der Waals surface area contributed by atoms with E-state index in [1.165, 1.54) is 0 Å². The SMILES string of the molecule is CNc1nc(-c2ccc(Br)o2)ncc1I.